The predicted molar refractivity (Wildman–Crippen MR) is 110 cm³/mol. The van der Waals surface area contributed by atoms with E-state index in [-0.39, 0.29) is 11.9 Å². The summed E-state index contributed by atoms with van der Waals surface area (Å²) >= 11 is 5.97. The molecule has 0 radical (unpaired) electrons. The Hall–Kier alpha value is -2.99. The maximum Gasteiger partial charge on any atom is 0.251 e. The fraction of sp³-hybridized carbons (Fsp3) is 0.238. The van der Waals surface area contributed by atoms with Gasteiger partial charge in [-0.1, -0.05) is 17.7 Å². The highest BCUT2D eigenvalue weighted by Gasteiger charge is 2.26. The normalized spacial score (nSPS) is 16.2. The third-order valence-corrected chi connectivity index (χ3v) is 5.13. The van der Waals surface area contributed by atoms with Crippen molar-refractivity contribution in [1.29, 1.82) is 0 Å². The van der Waals surface area contributed by atoms with Crippen LogP contribution in [-0.2, 0) is 0 Å². The number of halogens is 1. The molecule has 0 bridgehead atoms. The zero-order chi connectivity index (χ0) is 19.5. The fourth-order valence-corrected chi connectivity index (χ4v) is 3.57. The predicted octanol–water partition coefficient (Wildman–Crippen LogP) is 3.75. The minimum Gasteiger partial charge on any atom is -0.497 e. The summed E-state index contributed by atoms with van der Waals surface area (Å²) in [5.74, 6) is 1.60. The topological polar surface area (TPSA) is 70.2 Å². The highest BCUT2D eigenvalue weighted by atomic mass is 35.5. The average molecular weight is 397 g/mol. The number of anilines is 1. The first-order valence-corrected chi connectivity index (χ1v) is 9.51. The largest absolute Gasteiger partial charge is 0.497 e. The Kier molecular flexibility index (Phi) is 5.21. The van der Waals surface area contributed by atoms with E-state index >= 15 is 0 Å². The molecule has 1 aliphatic heterocycles. The third-order valence-electron chi connectivity index (χ3n) is 4.90. The number of carbonyl (C=O) groups is 1. The van der Waals surface area contributed by atoms with Crippen molar-refractivity contribution in [2.45, 2.75) is 12.5 Å². The number of methoxy groups -OCH3 is 1. The molecule has 7 heteroatoms. The number of nitrogens with one attached hydrogen (secondary N) is 2. The maximum absolute atomic E-state index is 12.4. The Balaban J connectivity index is 1.39. The van der Waals surface area contributed by atoms with Crippen LogP contribution in [0.4, 0.5) is 5.82 Å². The third kappa shape index (κ3) is 3.97. The van der Waals surface area contributed by atoms with Gasteiger partial charge in [0.15, 0.2) is 5.82 Å². The van der Waals surface area contributed by atoms with Gasteiger partial charge in [0.1, 0.15) is 5.75 Å². The van der Waals surface area contributed by atoms with E-state index in [4.69, 9.17) is 16.3 Å². The molecular weight excluding hydrogens is 376 g/mol. The monoisotopic (exact) mass is 396 g/mol. The van der Waals surface area contributed by atoms with Crippen LogP contribution in [0.3, 0.4) is 0 Å². The van der Waals surface area contributed by atoms with Gasteiger partial charge < -0.3 is 15.0 Å². The number of H-pyrrole nitrogens is 1. The van der Waals surface area contributed by atoms with Gasteiger partial charge in [-0.05, 0) is 54.4 Å². The van der Waals surface area contributed by atoms with Crippen molar-refractivity contribution in [2.24, 2.45) is 0 Å². The first-order chi connectivity index (χ1) is 13.6. The Morgan fingerprint density at radius 3 is 2.82 bits per heavy atom. The summed E-state index contributed by atoms with van der Waals surface area (Å²) in [5.41, 5.74) is 2.57. The SMILES string of the molecule is COc1ccc(-c2cc(N3CC[C@H](NC(=O)c4cccc(Cl)c4)C3)n[nH]2)cc1. The molecular formula is C21H21ClN4O2. The number of carbonyl (C=O) groups excluding carboxylic acids is 1. The van der Waals surface area contributed by atoms with Crippen molar-refractivity contribution >= 4 is 23.3 Å². The number of hydrogen-bond donors (Lipinski definition) is 2. The van der Waals surface area contributed by atoms with Crippen molar-refractivity contribution in [1.82, 2.24) is 15.5 Å². The lowest BCUT2D eigenvalue weighted by Crippen LogP contribution is -2.37. The van der Waals surface area contributed by atoms with Crippen LogP contribution in [0.15, 0.2) is 54.6 Å². The van der Waals surface area contributed by atoms with Crippen molar-refractivity contribution in [2.75, 3.05) is 25.1 Å². The van der Waals surface area contributed by atoms with E-state index in [1.54, 1.807) is 31.4 Å². The van der Waals surface area contributed by atoms with E-state index in [1.165, 1.54) is 0 Å². The molecule has 1 aliphatic rings. The van der Waals surface area contributed by atoms with Gasteiger partial charge in [-0.3, -0.25) is 9.89 Å². The first kappa shape index (κ1) is 18.4. The minimum absolute atomic E-state index is 0.0765. The van der Waals surface area contributed by atoms with Gasteiger partial charge in [-0.2, -0.15) is 5.10 Å². The molecule has 1 aromatic heterocycles. The summed E-state index contributed by atoms with van der Waals surface area (Å²) in [7, 11) is 1.65. The molecule has 1 amide bonds. The number of aromatic nitrogens is 2. The highest BCUT2D eigenvalue weighted by Crippen LogP contribution is 2.26. The van der Waals surface area contributed by atoms with Crippen LogP contribution in [0.25, 0.3) is 11.3 Å². The lowest BCUT2D eigenvalue weighted by atomic mass is 10.1. The molecule has 1 saturated heterocycles. The molecule has 6 nitrogen and oxygen atoms in total. The van der Waals surface area contributed by atoms with Crippen molar-refractivity contribution in [3.05, 3.63) is 65.2 Å². The molecule has 2 aromatic carbocycles. The molecule has 4 rings (SSSR count). The number of ether oxygens (including phenoxy) is 1. The molecule has 3 aromatic rings. The van der Waals surface area contributed by atoms with E-state index in [0.29, 0.717) is 10.6 Å². The summed E-state index contributed by atoms with van der Waals surface area (Å²) in [5, 5.41) is 11.2. The van der Waals surface area contributed by atoms with Crippen LogP contribution in [0.1, 0.15) is 16.8 Å². The molecule has 1 atom stereocenters. The Morgan fingerprint density at radius 2 is 2.07 bits per heavy atom. The zero-order valence-corrected chi connectivity index (χ0v) is 16.2. The van der Waals surface area contributed by atoms with Gasteiger partial charge in [0.2, 0.25) is 0 Å². The second-order valence-corrected chi connectivity index (χ2v) is 7.22. The fourth-order valence-electron chi connectivity index (χ4n) is 3.38. The van der Waals surface area contributed by atoms with Crippen molar-refractivity contribution < 1.29 is 9.53 Å². The van der Waals surface area contributed by atoms with Gasteiger partial charge in [0.25, 0.3) is 5.91 Å². The van der Waals surface area contributed by atoms with Gasteiger partial charge in [0, 0.05) is 35.8 Å². The lowest BCUT2D eigenvalue weighted by Gasteiger charge is -2.16. The summed E-state index contributed by atoms with van der Waals surface area (Å²) in [6, 6.07) is 16.9. The molecule has 2 N–H and O–H groups in total. The van der Waals surface area contributed by atoms with E-state index < -0.39 is 0 Å². The van der Waals surface area contributed by atoms with Crippen LogP contribution in [0.5, 0.6) is 5.75 Å². The average Bonchev–Trinajstić information content (AvgIpc) is 3.37. The maximum atomic E-state index is 12.4. The van der Waals surface area contributed by atoms with E-state index in [2.05, 4.69) is 20.4 Å². The number of rotatable bonds is 5. The second-order valence-electron chi connectivity index (χ2n) is 6.78. The van der Waals surface area contributed by atoms with E-state index in [1.807, 2.05) is 30.3 Å². The molecule has 0 spiro atoms. The summed E-state index contributed by atoms with van der Waals surface area (Å²) in [4.78, 5) is 14.6. The van der Waals surface area contributed by atoms with Crippen LogP contribution < -0.4 is 15.0 Å². The number of hydrogen-bond acceptors (Lipinski definition) is 4. The molecule has 1 fully saturated rings. The van der Waals surface area contributed by atoms with Gasteiger partial charge in [0.05, 0.1) is 12.8 Å². The minimum atomic E-state index is -0.102. The number of nitrogens with zero attached hydrogens (tertiary/aromatic N) is 2. The molecule has 0 aliphatic carbocycles. The van der Waals surface area contributed by atoms with Gasteiger partial charge in [-0.25, -0.2) is 0 Å². The van der Waals surface area contributed by atoms with E-state index in [0.717, 1.165) is 42.3 Å². The highest BCUT2D eigenvalue weighted by molar-refractivity contribution is 6.30. The van der Waals surface area contributed by atoms with Crippen LogP contribution in [0.2, 0.25) is 5.02 Å². The number of benzene rings is 2. The zero-order valence-electron chi connectivity index (χ0n) is 15.5. The Labute approximate surface area is 168 Å². The number of amides is 1. The van der Waals surface area contributed by atoms with Crippen molar-refractivity contribution in [3.8, 4) is 17.0 Å². The summed E-state index contributed by atoms with van der Waals surface area (Å²) in [6.07, 6.45) is 0.872. The lowest BCUT2D eigenvalue weighted by molar-refractivity contribution is 0.0940. The molecule has 0 unspecified atom stereocenters. The molecule has 144 valence electrons. The van der Waals surface area contributed by atoms with E-state index in [9.17, 15) is 4.79 Å². The molecule has 2 heterocycles. The standard InChI is InChI=1S/C21H21ClN4O2/c1-28-18-7-5-14(6-8-18)19-12-20(25-24-19)26-10-9-17(13-26)23-21(27)15-3-2-4-16(22)11-15/h2-8,11-12,17H,9-10,13H2,1H3,(H,23,27)(H,24,25)/t17-/m0/s1. The number of aromatic amines is 1. The first-order valence-electron chi connectivity index (χ1n) is 9.13. The van der Waals surface area contributed by atoms with Gasteiger partial charge in [-0.15, -0.1) is 0 Å². The quantitative estimate of drug-likeness (QED) is 0.689. The van der Waals surface area contributed by atoms with Crippen molar-refractivity contribution in [3.63, 3.8) is 0 Å². The van der Waals surface area contributed by atoms with Gasteiger partial charge >= 0.3 is 0 Å². The van der Waals surface area contributed by atoms with Crippen LogP contribution in [0, 0.1) is 0 Å². The second kappa shape index (κ2) is 7.94. The van der Waals surface area contributed by atoms with Crippen LogP contribution >= 0.6 is 11.6 Å². The molecule has 28 heavy (non-hydrogen) atoms. The smallest absolute Gasteiger partial charge is 0.251 e. The Bertz CT molecular complexity index is 971. The van der Waals surface area contributed by atoms with Crippen LogP contribution in [-0.4, -0.2) is 42.3 Å². The molecule has 0 saturated carbocycles. The summed E-state index contributed by atoms with van der Waals surface area (Å²) < 4.78 is 5.20. The summed E-state index contributed by atoms with van der Waals surface area (Å²) in [6.45, 7) is 1.56. The Morgan fingerprint density at radius 1 is 1.25 bits per heavy atom.